The van der Waals surface area contributed by atoms with Gasteiger partial charge in [0, 0.05) is 15.1 Å². The van der Waals surface area contributed by atoms with Crippen molar-refractivity contribution in [3.05, 3.63) is 38.9 Å². The van der Waals surface area contributed by atoms with Crippen LogP contribution in [-0.2, 0) is 0 Å². The van der Waals surface area contributed by atoms with Crippen LogP contribution in [0.4, 0.5) is 5.69 Å². The minimum Gasteiger partial charge on any atom is -0.359 e. The summed E-state index contributed by atoms with van der Waals surface area (Å²) in [6.45, 7) is 0. The number of nitrogens with zero attached hydrogens (tertiary/aromatic N) is 2. The van der Waals surface area contributed by atoms with Crippen LogP contribution in [0.5, 0.6) is 0 Å². The first-order valence-corrected chi connectivity index (χ1v) is 5.48. The van der Waals surface area contributed by atoms with E-state index in [1.54, 1.807) is 12.1 Å². The molecule has 1 rings (SSSR count). The highest BCUT2D eigenvalue weighted by molar-refractivity contribution is 9.11. The molecule has 0 spiro atoms. The molecule has 74 valence electrons. The Bertz CT molecular complexity index is 464. The molecule has 0 aromatic heterocycles. The number of allylic oxidation sites excluding steroid dienone is 1. The zero-order chi connectivity index (χ0) is 11.3. The molecule has 0 amide bonds. The van der Waals surface area contributed by atoms with E-state index in [0.29, 0.717) is 0 Å². The highest BCUT2D eigenvalue weighted by atomic mass is 79.9. The van der Waals surface area contributed by atoms with Gasteiger partial charge in [0.1, 0.15) is 17.7 Å². The average molecular weight is 327 g/mol. The molecule has 0 bridgehead atoms. The van der Waals surface area contributed by atoms with E-state index in [1.807, 2.05) is 18.2 Å². The SMILES string of the molecule is N#CC(C#N)=CNc1ccc(Br)cc1Br. The Labute approximate surface area is 104 Å². The van der Waals surface area contributed by atoms with Crippen molar-refractivity contribution in [2.45, 2.75) is 0 Å². The molecule has 15 heavy (non-hydrogen) atoms. The van der Waals surface area contributed by atoms with Gasteiger partial charge in [-0.25, -0.2) is 0 Å². The number of halogens is 2. The van der Waals surface area contributed by atoms with Crippen LogP contribution >= 0.6 is 31.9 Å². The molecule has 1 N–H and O–H groups in total. The van der Waals surface area contributed by atoms with Crippen LogP contribution in [0.1, 0.15) is 0 Å². The first-order chi connectivity index (χ1) is 7.17. The van der Waals surface area contributed by atoms with Crippen LogP contribution in [0, 0.1) is 22.7 Å². The van der Waals surface area contributed by atoms with Gasteiger partial charge in [-0.2, -0.15) is 10.5 Å². The molecular weight excluding hydrogens is 322 g/mol. The largest absolute Gasteiger partial charge is 0.359 e. The van der Waals surface area contributed by atoms with E-state index in [0.717, 1.165) is 14.6 Å². The first kappa shape index (κ1) is 11.8. The summed E-state index contributed by atoms with van der Waals surface area (Å²) in [4.78, 5) is 0. The molecule has 0 heterocycles. The number of nitriles is 2. The molecule has 0 saturated carbocycles. The van der Waals surface area contributed by atoms with Gasteiger partial charge in [0.15, 0.2) is 0 Å². The monoisotopic (exact) mass is 325 g/mol. The smallest absolute Gasteiger partial charge is 0.145 e. The molecule has 5 heteroatoms. The van der Waals surface area contributed by atoms with Gasteiger partial charge in [0.05, 0.1) is 5.69 Å². The number of hydrogen-bond donors (Lipinski definition) is 1. The van der Waals surface area contributed by atoms with Gasteiger partial charge < -0.3 is 5.32 Å². The normalized spacial score (nSPS) is 8.53. The van der Waals surface area contributed by atoms with E-state index >= 15 is 0 Å². The van der Waals surface area contributed by atoms with Crippen molar-refractivity contribution in [1.82, 2.24) is 0 Å². The van der Waals surface area contributed by atoms with Gasteiger partial charge in [-0.15, -0.1) is 0 Å². The number of hydrogen-bond acceptors (Lipinski definition) is 3. The number of anilines is 1. The quantitative estimate of drug-likeness (QED) is 0.845. The number of rotatable bonds is 2. The van der Waals surface area contributed by atoms with E-state index < -0.39 is 0 Å². The van der Waals surface area contributed by atoms with Crippen LogP contribution in [0.25, 0.3) is 0 Å². The maximum atomic E-state index is 8.52. The van der Waals surface area contributed by atoms with Crippen LogP contribution in [0.3, 0.4) is 0 Å². The average Bonchev–Trinajstić information content (AvgIpc) is 2.22. The van der Waals surface area contributed by atoms with Crippen molar-refractivity contribution in [2.75, 3.05) is 5.32 Å². The Morgan fingerprint density at radius 1 is 1.27 bits per heavy atom. The Morgan fingerprint density at radius 3 is 2.47 bits per heavy atom. The summed E-state index contributed by atoms with van der Waals surface area (Å²) in [5.41, 5.74) is 0.825. The lowest BCUT2D eigenvalue weighted by atomic mass is 10.3. The zero-order valence-corrected chi connectivity index (χ0v) is 10.6. The molecule has 0 aliphatic heterocycles. The predicted octanol–water partition coefficient (Wildman–Crippen LogP) is 3.55. The summed E-state index contributed by atoms with van der Waals surface area (Å²) in [6.07, 6.45) is 1.37. The Hall–Kier alpha value is -1.30. The zero-order valence-electron chi connectivity index (χ0n) is 7.46. The van der Waals surface area contributed by atoms with E-state index in [1.165, 1.54) is 6.20 Å². The second kappa shape index (κ2) is 5.55. The van der Waals surface area contributed by atoms with Crippen molar-refractivity contribution in [2.24, 2.45) is 0 Å². The summed E-state index contributed by atoms with van der Waals surface area (Å²) in [7, 11) is 0. The van der Waals surface area contributed by atoms with E-state index in [-0.39, 0.29) is 5.57 Å². The predicted molar refractivity (Wildman–Crippen MR) is 64.8 cm³/mol. The van der Waals surface area contributed by atoms with E-state index in [9.17, 15) is 0 Å². The van der Waals surface area contributed by atoms with Crippen molar-refractivity contribution in [1.29, 1.82) is 10.5 Å². The maximum absolute atomic E-state index is 8.52. The van der Waals surface area contributed by atoms with Crippen molar-refractivity contribution in [3.8, 4) is 12.1 Å². The molecule has 3 nitrogen and oxygen atoms in total. The van der Waals surface area contributed by atoms with Crippen LogP contribution < -0.4 is 5.32 Å². The highest BCUT2D eigenvalue weighted by Gasteiger charge is 1.99. The van der Waals surface area contributed by atoms with E-state index in [2.05, 4.69) is 37.2 Å². The van der Waals surface area contributed by atoms with Crippen molar-refractivity contribution >= 4 is 37.5 Å². The number of nitrogens with one attached hydrogen (secondary N) is 1. The van der Waals surface area contributed by atoms with Crippen LogP contribution in [0.2, 0.25) is 0 Å². The minimum absolute atomic E-state index is 0.0322. The lowest BCUT2D eigenvalue weighted by molar-refractivity contribution is 1.44. The lowest BCUT2D eigenvalue weighted by Crippen LogP contribution is -1.90. The number of benzene rings is 1. The molecule has 0 aliphatic rings. The highest BCUT2D eigenvalue weighted by Crippen LogP contribution is 2.26. The molecule has 0 aliphatic carbocycles. The molecule has 0 atom stereocenters. The molecule has 0 radical (unpaired) electrons. The third-order valence-electron chi connectivity index (χ3n) is 1.54. The molecule has 0 unspecified atom stereocenters. The fourth-order valence-corrected chi connectivity index (χ4v) is 2.01. The summed E-state index contributed by atoms with van der Waals surface area (Å²) < 4.78 is 1.80. The standard InChI is InChI=1S/C10H5Br2N3/c11-8-1-2-10(9(12)3-8)15-6-7(4-13)5-14/h1-3,6,15H. The Morgan fingerprint density at radius 2 is 1.93 bits per heavy atom. The minimum atomic E-state index is 0.0322. The first-order valence-electron chi connectivity index (χ1n) is 3.89. The van der Waals surface area contributed by atoms with Gasteiger partial charge in [-0.1, -0.05) is 15.9 Å². The van der Waals surface area contributed by atoms with Crippen molar-refractivity contribution in [3.63, 3.8) is 0 Å². The van der Waals surface area contributed by atoms with Crippen LogP contribution in [-0.4, -0.2) is 0 Å². The van der Waals surface area contributed by atoms with Gasteiger partial charge in [0.25, 0.3) is 0 Å². The summed E-state index contributed by atoms with van der Waals surface area (Å²) in [5.74, 6) is 0. The Kier molecular flexibility index (Phi) is 4.36. The fraction of sp³-hybridized carbons (Fsp3) is 0. The third-order valence-corrected chi connectivity index (χ3v) is 2.69. The van der Waals surface area contributed by atoms with Gasteiger partial charge in [-0.05, 0) is 34.1 Å². The fourth-order valence-electron chi connectivity index (χ4n) is 0.846. The molecule has 1 aromatic carbocycles. The summed E-state index contributed by atoms with van der Waals surface area (Å²) in [5, 5.41) is 19.9. The molecule has 1 aromatic rings. The van der Waals surface area contributed by atoms with Gasteiger partial charge in [0.2, 0.25) is 0 Å². The topological polar surface area (TPSA) is 59.6 Å². The van der Waals surface area contributed by atoms with E-state index in [4.69, 9.17) is 10.5 Å². The third kappa shape index (κ3) is 3.39. The van der Waals surface area contributed by atoms with Gasteiger partial charge >= 0.3 is 0 Å². The van der Waals surface area contributed by atoms with Crippen molar-refractivity contribution < 1.29 is 0 Å². The van der Waals surface area contributed by atoms with Gasteiger partial charge in [-0.3, -0.25) is 0 Å². The lowest BCUT2D eigenvalue weighted by Gasteiger charge is -2.03. The Balaban J connectivity index is 2.89. The van der Waals surface area contributed by atoms with Crippen LogP contribution in [0.15, 0.2) is 38.9 Å². The second-order valence-electron chi connectivity index (χ2n) is 2.55. The molecule has 0 fully saturated rings. The summed E-state index contributed by atoms with van der Waals surface area (Å²) >= 11 is 6.68. The maximum Gasteiger partial charge on any atom is 0.145 e. The summed E-state index contributed by atoms with van der Waals surface area (Å²) in [6, 6.07) is 9.09. The second-order valence-corrected chi connectivity index (χ2v) is 4.32. The molecular formula is C10H5Br2N3. The molecule has 0 saturated heterocycles.